The quantitative estimate of drug-likeness (QED) is 0.619. The first-order valence-electron chi connectivity index (χ1n) is 7.46. The van der Waals surface area contributed by atoms with E-state index in [1.807, 2.05) is 30.3 Å². The molecule has 5 heteroatoms. The molecule has 2 aromatic rings. The van der Waals surface area contributed by atoms with Gasteiger partial charge in [0.1, 0.15) is 6.61 Å². The predicted molar refractivity (Wildman–Crippen MR) is 96.7 cm³/mol. The maximum absolute atomic E-state index is 11.0. The number of nitrogens with zero attached hydrogens (tertiary/aromatic N) is 1. The molecule has 124 valence electrons. The molecule has 0 spiro atoms. The highest BCUT2D eigenvalue weighted by Gasteiger charge is 2.08. The van der Waals surface area contributed by atoms with E-state index in [1.54, 1.807) is 31.5 Å². The second-order valence-electron chi connectivity index (χ2n) is 4.96. The van der Waals surface area contributed by atoms with Gasteiger partial charge >= 0.3 is 0 Å². The Kier molecular flexibility index (Phi) is 6.14. The fourth-order valence-electron chi connectivity index (χ4n) is 2.07. The van der Waals surface area contributed by atoms with Crippen molar-refractivity contribution in [3.05, 3.63) is 60.7 Å². The number of para-hydroxylation sites is 1. The zero-order valence-electron chi connectivity index (χ0n) is 13.8. The molecule has 0 fully saturated rings. The summed E-state index contributed by atoms with van der Waals surface area (Å²) in [6.07, 6.45) is 3.39. The molecule has 0 aliphatic carbocycles. The van der Waals surface area contributed by atoms with E-state index >= 15 is 0 Å². The summed E-state index contributed by atoms with van der Waals surface area (Å²) in [5, 5.41) is 2.72. The first-order valence-corrected chi connectivity index (χ1v) is 7.46. The molecular formula is C19H20N2O3. The number of rotatable bonds is 7. The summed E-state index contributed by atoms with van der Waals surface area (Å²) in [4.78, 5) is 15.5. The molecule has 5 nitrogen and oxygen atoms in total. The number of nitrogens with one attached hydrogen (secondary N) is 1. The fraction of sp³-hybridized carbons (Fsp3) is 0.158. The van der Waals surface area contributed by atoms with Crippen LogP contribution in [-0.4, -0.2) is 25.8 Å². The van der Waals surface area contributed by atoms with Crippen LogP contribution in [0.4, 0.5) is 11.4 Å². The molecule has 1 N–H and O–H groups in total. The van der Waals surface area contributed by atoms with Crippen molar-refractivity contribution < 1.29 is 14.3 Å². The van der Waals surface area contributed by atoms with Crippen LogP contribution in [0.3, 0.4) is 0 Å². The van der Waals surface area contributed by atoms with Crippen LogP contribution >= 0.6 is 0 Å². The monoisotopic (exact) mass is 324 g/mol. The van der Waals surface area contributed by atoms with E-state index in [2.05, 4.69) is 16.9 Å². The average molecular weight is 324 g/mol. The molecule has 0 heterocycles. The standard InChI is InChI=1S/C19H20N2O3/c1-4-12-24-19-15(6-5-7-18(19)23-3)13-20-16-8-10-17(11-9-16)21-14(2)22/h4-11,13H,1,12H2,2-3H3,(H,21,22). The Morgan fingerprint density at radius 2 is 2.00 bits per heavy atom. The molecule has 0 saturated carbocycles. The van der Waals surface area contributed by atoms with Crippen LogP contribution in [0.2, 0.25) is 0 Å². The number of hydrogen-bond acceptors (Lipinski definition) is 4. The summed E-state index contributed by atoms with van der Waals surface area (Å²) in [5.74, 6) is 1.16. The fourth-order valence-corrected chi connectivity index (χ4v) is 2.07. The van der Waals surface area contributed by atoms with Crippen LogP contribution in [0.5, 0.6) is 11.5 Å². The molecular weight excluding hydrogens is 304 g/mol. The maximum atomic E-state index is 11.0. The van der Waals surface area contributed by atoms with Gasteiger partial charge in [0.25, 0.3) is 0 Å². The number of benzene rings is 2. The molecule has 0 atom stereocenters. The highest BCUT2D eigenvalue weighted by molar-refractivity contribution is 5.89. The van der Waals surface area contributed by atoms with Crippen molar-refractivity contribution in [1.82, 2.24) is 0 Å². The molecule has 0 aliphatic heterocycles. The Morgan fingerprint density at radius 1 is 1.25 bits per heavy atom. The molecule has 2 rings (SSSR count). The largest absolute Gasteiger partial charge is 0.493 e. The minimum absolute atomic E-state index is 0.105. The van der Waals surface area contributed by atoms with E-state index in [4.69, 9.17) is 9.47 Å². The third-order valence-corrected chi connectivity index (χ3v) is 3.12. The van der Waals surface area contributed by atoms with E-state index in [9.17, 15) is 4.79 Å². The number of carbonyl (C=O) groups is 1. The summed E-state index contributed by atoms with van der Waals surface area (Å²) in [5.41, 5.74) is 2.31. The van der Waals surface area contributed by atoms with Gasteiger partial charge in [0.2, 0.25) is 5.91 Å². The van der Waals surface area contributed by atoms with Crippen LogP contribution in [0, 0.1) is 0 Å². The second kappa shape index (κ2) is 8.53. The average Bonchev–Trinajstić information content (AvgIpc) is 2.59. The van der Waals surface area contributed by atoms with Crippen molar-refractivity contribution in [2.45, 2.75) is 6.92 Å². The highest BCUT2D eigenvalue weighted by Crippen LogP contribution is 2.30. The topological polar surface area (TPSA) is 59.9 Å². The molecule has 0 unspecified atom stereocenters. The number of methoxy groups -OCH3 is 1. The first kappa shape index (κ1) is 17.3. The lowest BCUT2D eigenvalue weighted by atomic mass is 10.2. The number of carbonyl (C=O) groups excluding carboxylic acids is 1. The minimum atomic E-state index is -0.105. The van der Waals surface area contributed by atoms with Gasteiger partial charge in [0, 0.05) is 24.4 Å². The van der Waals surface area contributed by atoms with Crippen LogP contribution in [-0.2, 0) is 4.79 Å². The van der Waals surface area contributed by atoms with Gasteiger partial charge in [-0.2, -0.15) is 0 Å². The third-order valence-electron chi connectivity index (χ3n) is 3.12. The number of hydrogen-bond donors (Lipinski definition) is 1. The molecule has 2 aromatic carbocycles. The Bertz CT molecular complexity index is 737. The summed E-state index contributed by atoms with van der Waals surface area (Å²) in [6.45, 7) is 5.51. The molecule has 0 radical (unpaired) electrons. The zero-order chi connectivity index (χ0) is 17.4. The van der Waals surface area contributed by atoms with Gasteiger partial charge in [-0.25, -0.2) is 0 Å². The van der Waals surface area contributed by atoms with E-state index < -0.39 is 0 Å². The van der Waals surface area contributed by atoms with Gasteiger partial charge in [-0.1, -0.05) is 18.7 Å². The van der Waals surface area contributed by atoms with Crippen LogP contribution in [0.25, 0.3) is 0 Å². The first-order chi connectivity index (χ1) is 11.6. The molecule has 0 aliphatic rings. The lowest BCUT2D eigenvalue weighted by Gasteiger charge is -2.11. The van der Waals surface area contributed by atoms with Gasteiger partial charge in [-0.3, -0.25) is 9.79 Å². The number of amides is 1. The number of aliphatic imine (C=N–C) groups is 1. The smallest absolute Gasteiger partial charge is 0.221 e. The molecule has 0 saturated heterocycles. The summed E-state index contributed by atoms with van der Waals surface area (Å²) in [6, 6.07) is 12.9. The molecule has 0 bridgehead atoms. The van der Waals surface area contributed by atoms with Crippen molar-refractivity contribution >= 4 is 23.5 Å². The van der Waals surface area contributed by atoms with E-state index in [0.29, 0.717) is 18.1 Å². The number of ether oxygens (including phenoxy) is 2. The lowest BCUT2D eigenvalue weighted by molar-refractivity contribution is -0.114. The SMILES string of the molecule is C=CCOc1c(C=Nc2ccc(NC(C)=O)cc2)cccc1OC. The van der Waals surface area contributed by atoms with Crippen molar-refractivity contribution in [1.29, 1.82) is 0 Å². The van der Waals surface area contributed by atoms with Crippen molar-refractivity contribution in [2.24, 2.45) is 4.99 Å². The Labute approximate surface area is 141 Å². The van der Waals surface area contributed by atoms with Gasteiger partial charge in [-0.05, 0) is 36.4 Å². The van der Waals surface area contributed by atoms with Gasteiger partial charge in [-0.15, -0.1) is 0 Å². The minimum Gasteiger partial charge on any atom is -0.493 e. The molecule has 24 heavy (non-hydrogen) atoms. The van der Waals surface area contributed by atoms with Crippen LogP contribution in [0.1, 0.15) is 12.5 Å². The second-order valence-corrected chi connectivity index (χ2v) is 4.96. The van der Waals surface area contributed by atoms with E-state index in [-0.39, 0.29) is 5.91 Å². The molecule has 0 aromatic heterocycles. The number of anilines is 1. The van der Waals surface area contributed by atoms with Crippen molar-refractivity contribution in [3.63, 3.8) is 0 Å². The Hall–Kier alpha value is -3.08. The highest BCUT2D eigenvalue weighted by atomic mass is 16.5. The van der Waals surface area contributed by atoms with Crippen LogP contribution < -0.4 is 14.8 Å². The van der Waals surface area contributed by atoms with Crippen molar-refractivity contribution in [2.75, 3.05) is 19.0 Å². The summed E-state index contributed by atoms with van der Waals surface area (Å²) < 4.78 is 11.0. The maximum Gasteiger partial charge on any atom is 0.221 e. The lowest BCUT2D eigenvalue weighted by Crippen LogP contribution is -2.04. The van der Waals surface area contributed by atoms with Crippen LogP contribution in [0.15, 0.2) is 60.1 Å². The Morgan fingerprint density at radius 3 is 2.62 bits per heavy atom. The van der Waals surface area contributed by atoms with Gasteiger partial charge in [0.05, 0.1) is 12.8 Å². The van der Waals surface area contributed by atoms with Gasteiger partial charge in [0.15, 0.2) is 11.5 Å². The Balaban J connectivity index is 2.21. The van der Waals surface area contributed by atoms with Crippen molar-refractivity contribution in [3.8, 4) is 11.5 Å². The third kappa shape index (κ3) is 4.71. The summed E-state index contributed by atoms with van der Waals surface area (Å²) in [7, 11) is 1.60. The summed E-state index contributed by atoms with van der Waals surface area (Å²) >= 11 is 0. The molecule has 1 amide bonds. The van der Waals surface area contributed by atoms with Gasteiger partial charge < -0.3 is 14.8 Å². The zero-order valence-corrected chi connectivity index (χ0v) is 13.8. The van der Waals surface area contributed by atoms with E-state index in [1.165, 1.54) is 6.92 Å². The van der Waals surface area contributed by atoms with E-state index in [0.717, 1.165) is 16.9 Å². The normalized spacial score (nSPS) is 10.4. The predicted octanol–water partition coefficient (Wildman–Crippen LogP) is 3.97.